The number of ether oxygens (including phenoxy) is 1. The minimum Gasteiger partial charge on any atom is -0.422 e. The Labute approximate surface area is 218 Å². The molecule has 0 bridgehead atoms. The smallest absolute Gasteiger partial charge is 0.345 e. The summed E-state index contributed by atoms with van der Waals surface area (Å²) in [4.78, 5) is 25.2. The second-order valence-electron chi connectivity index (χ2n) is 9.61. The highest BCUT2D eigenvalue weighted by Crippen LogP contribution is 2.47. The fraction of sp³-hybridized carbons (Fsp3) is 0.250. The number of esters is 1. The van der Waals surface area contributed by atoms with Crippen molar-refractivity contribution in [1.82, 2.24) is 5.43 Å². The number of benzene rings is 3. The first-order valence-corrected chi connectivity index (χ1v) is 12.5. The SMILES string of the molecule is CC(C)(C)c1ccc([C@@H]2C[C@@H]2C(=O)NN=Cc2cc(Br)ccc2OC(=O)c2ccccc2Cl)cc1. The van der Waals surface area contributed by atoms with Gasteiger partial charge in [-0.1, -0.05) is 84.7 Å². The van der Waals surface area contributed by atoms with Crippen molar-refractivity contribution in [3.05, 3.63) is 98.5 Å². The van der Waals surface area contributed by atoms with Gasteiger partial charge in [0.05, 0.1) is 16.8 Å². The van der Waals surface area contributed by atoms with E-state index in [0.717, 1.165) is 10.9 Å². The highest BCUT2D eigenvalue weighted by Gasteiger charge is 2.44. The molecule has 1 saturated carbocycles. The van der Waals surface area contributed by atoms with Crippen molar-refractivity contribution in [2.24, 2.45) is 11.0 Å². The highest BCUT2D eigenvalue weighted by molar-refractivity contribution is 9.10. The molecular formula is C28H26BrClN2O3. The lowest BCUT2D eigenvalue weighted by molar-refractivity contribution is -0.122. The van der Waals surface area contributed by atoms with Gasteiger partial charge in [-0.15, -0.1) is 0 Å². The molecule has 0 aliphatic heterocycles. The first-order chi connectivity index (χ1) is 16.6. The first-order valence-electron chi connectivity index (χ1n) is 11.3. The van der Waals surface area contributed by atoms with Crippen LogP contribution in [0.3, 0.4) is 0 Å². The zero-order chi connectivity index (χ0) is 25.2. The average Bonchev–Trinajstić information content (AvgIpc) is 3.61. The molecule has 0 saturated heterocycles. The molecule has 3 aromatic carbocycles. The summed E-state index contributed by atoms with van der Waals surface area (Å²) in [6.45, 7) is 6.55. The van der Waals surface area contributed by atoms with E-state index in [1.807, 2.05) is 0 Å². The second kappa shape index (κ2) is 10.3. The van der Waals surface area contributed by atoms with Crippen LogP contribution < -0.4 is 10.2 Å². The fourth-order valence-electron chi connectivity index (χ4n) is 3.83. The topological polar surface area (TPSA) is 67.8 Å². The monoisotopic (exact) mass is 552 g/mol. The van der Waals surface area contributed by atoms with Crippen molar-refractivity contribution in [3.8, 4) is 5.75 Å². The van der Waals surface area contributed by atoms with Crippen LogP contribution in [0, 0.1) is 5.92 Å². The van der Waals surface area contributed by atoms with E-state index in [-0.39, 0.29) is 28.7 Å². The van der Waals surface area contributed by atoms with Crippen LogP contribution in [0.4, 0.5) is 0 Å². The minimum atomic E-state index is -0.574. The van der Waals surface area contributed by atoms with E-state index in [2.05, 4.69) is 71.5 Å². The van der Waals surface area contributed by atoms with Crippen LogP contribution >= 0.6 is 27.5 Å². The Bertz CT molecular complexity index is 1280. The molecule has 1 aliphatic rings. The average molecular weight is 554 g/mol. The predicted molar refractivity (Wildman–Crippen MR) is 142 cm³/mol. The van der Waals surface area contributed by atoms with Crippen molar-refractivity contribution in [3.63, 3.8) is 0 Å². The second-order valence-corrected chi connectivity index (χ2v) is 10.9. The van der Waals surface area contributed by atoms with Gasteiger partial charge in [0, 0.05) is 16.0 Å². The van der Waals surface area contributed by atoms with Crippen LogP contribution in [0.2, 0.25) is 5.02 Å². The molecule has 5 nitrogen and oxygen atoms in total. The standard InChI is InChI=1S/C28H26BrClN2O3/c1-28(2,3)19-10-8-17(9-11-19)22-15-23(22)26(33)32-31-16-18-14-20(29)12-13-25(18)35-27(34)21-6-4-5-7-24(21)30/h4-14,16,22-23H,15H2,1-3H3,(H,32,33)/t22-,23-/m0/s1. The van der Waals surface area contributed by atoms with Gasteiger partial charge in [-0.05, 0) is 59.2 Å². The van der Waals surface area contributed by atoms with E-state index in [1.165, 1.54) is 17.3 Å². The van der Waals surface area contributed by atoms with Crippen molar-refractivity contribution in [1.29, 1.82) is 0 Å². The van der Waals surface area contributed by atoms with Gasteiger partial charge >= 0.3 is 5.97 Å². The summed E-state index contributed by atoms with van der Waals surface area (Å²) in [5, 5.41) is 4.42. The molecule has 7 heteroatoms. The van der Waals surface area contributed by atoms with Gasteiger partial charge in [-0.3, -0.25) is 4.79 Å². The highest BCUT2D eigenvalue weighted by atomic mass is 79.9. The minimum absolute atomic E-state index is 0.0978. The maximum atomic E-state index is 12.6. The van der Waals surface area contributed by atoms with E-state index < -0.39 is 5.97 Å². The van der Waals surface area contributed by atoms with E-state index in [9.17, 15) is 9.59 Å². The largest absolute Gasteiger partial charge is 0.422 e. The molecule has 180 valence electrons. The molecule has 1 fully saturated rings. The maximum absolute atomic E-state index is 12.6. The number of hydrazone groups is 1. The van der Waals surface area contributed by atoms with Gasteiger partial charge in [0.2, 0.25) is 5.91 Å². The number of nitrogens with one attached hydrogen (secondary N) is 1. The lowest BCUT2D eigenvalue weighted by Crippen LogP contribution is -2.20. The Hall–Kier alpha value is -2.96. The van der Waals surface area contributed by atoms with Crippen molar-refractivity contribution in [2.45, 2.75) is 38.5 Å². The summed E-state index contributed by atoms with van der Waals surface area (Å²) in [6.07, 6.45) is 2.27. The summed E-state index contributed by atoms with van der Waals surface area (Å²) in [7, 11) is 0. The molecule has 1 aliphatic carbocycles. The number of carbonyl (C=O) groups is 2. The van der Waals surface area contributed by atoms with Gasteiger partial charge < -0.3 is 4.74 Å². The summed E-state index contributed by atoms with van der Waals surface area (Å²) in [5.74, 6) is -0.296. The van der Waals surface area contributed by atoms with Gasteiger partial charge in [-0.2, -0.15) is 5.10 Å². The quantitative estimate of drug-likeness (QED) is 0.157. The summed E-state index contributed by atoms with van der Waals surface area (Å²) in [5.41, 5.74) is 5.96. The normalized spacial score (nSPS) is 17.3. The Morgan fingerprint density at radius 1 is 1.09 bits per heavy atom. The summed E-state index contributed by atoms with van der Waals surface area (Å²) < 4.78 is 6.33. The van der Waals surface area contributed by atoms with Crippen LogP contribution in [0.25, 0.3) is 0 Å². The molecule has 4 rings (SSSR count). The number of nitrogens with zero attached hydrogens (tertiary/aromatic N) is 1. The third-order valence-electron chi connectivity index (χ3n) is 5.98. The predicted octanol–water partition coefficient (Wildman–Crippen LogP) is 6.87. The number of hydrogen-bond acceptors (Lipinski definition) is 4. The number of rotatable bonds is 6. The number of hydrogen-bond donors (Lipinski definition) is 1. The first kappa shape index (κ1) is 25.1. The third-order valence-corrected chi connectivity index (χ3v) is 6.80. The van der Waals surface area contributed by atoms with Crippen LogP contribution in [0.5, 0.6) is 5.75 Å². The summed E-state index contributed by atoms with van der Waals surface area (Å²) in [6, 6.07) is 20.3. The molecule has 0 heterocycles. The Morgan fingerprint density at radius 2 is 1.80 bits per heavy atom. The Kier molecular flexibility index (Phi) is 7.43. The van der Waals surface area contributed by atoms with Crippen LogP contribution in [0.15, 0.2) is 76.3 Å². The third kappa shape index (κ3) is 6.19. The molecule has 2 atom stereocenters. The van der Waals surface area contributed by atoms with Gasteiger partial charge in [0.25, 0.3) is 0 Å². The number of amides is 1. The van der Waals surface area contributed by atoms with Crippen molar-refractivity contribution in [2.75, 3.05) is 0 Å². The number of carbonyl (C=O) groups excluding carboxylic acids is 2. The molecule has 35 heavy (non-hydrogen) atoms. The van der Waals surface area contributed by atoms with Crippen molar-refractivity contribution < 1.29 is 14.3 Å². The van der Waals surface area contributed by atoms with Gasteiger partial charge in [-0.25, -0.2) is 10.2 Å². The molecule has 1 amide bonds. The van der Waals surface area contributed by atoms with E-state index in [1.54, 1.807) is 42.5 Å². The van der Waals surface area contributed by atoms with E-state index in [0.29, 0.717) is 16.3 Å². The van der Waals surface area contributed by atoms with Crippen LogP contribution in [-0.2, 0) is 10.2 Å². The molecule has 0 radical (unpaired) electrons. The van der Waals surface area contributed by atoms with E-state index in [4.69, 9.17) is 16.3 Å². The Balaban J connectivity index is 1.39. The lowest BCUT2D eigenvalue weighted by Gasteiger charge is -2.19. The van der Waals surface area contributed by atoms with E-state index >= 15 is 0 Å². The summed E-state index contributed by atoms with van der Waals surface area (Å²) >= 11 is 9.52. The zero-order valence-corrected chi connectivity index (χ0v) is 22.1. The molecule has 3 aromatic rings. The number of halogens is 2. The molecule has 1 N–H and O–H groups in total. The Morgan fingerprint density at radius 3 is 2.49 bits per heavy atom. The fourth-order valence-corrected chi connectivity index (χ4v) is 4.42. The molecule has 0 spiro atoms. The van der Waals surface area contributed by atoms with Crippen LogP contribution in [-0.4, -0.2) is 18.1 Å². The zero-order valence-electron chi connectivity index (χ0n) is 19.7. The molecular weight excluding hydrogens is 528 g/mol. The molecule has 0 unspecified atom stereocenters. The molecule has 0 aromatic heterocycles. The van der Waals surface area contributed by atoms with Crippen molar-refractivity contribution >= 4 is 45.6 Å². The van der Waals surface area contributed by atoms with Crippen LogP contribution in [0.1, 0.15) is 60.2 Å². The lowest BCUT2D eigenvalue weighted by atomic mass is 9.86. The maximum Gasteiger partial charge on any atom is 0.345 e. The van der Waals surface area contributed by atoms with Gasteiger partial charge in [0.15, 0.2) is 0 Å². The van der Waals surface area contributed by atoms with Gasteiger partial charge in [0.1, 0.15) is 5.75 Å².